The van der Waals surface area contributed by atoms with Gasteiger partial charge in [0.05, 0.1) is 0 Å². The fraction of sp³-hybridized carbons (Fsp3) is 0. The Morgan fingerprint density at radius 1 is 0.920 bits per heavy atom. The Hall–Kier alpha value is -2.69. The van der Waals surface area contributed by atoms with Crippen molar-refractivity contribution in [3.63, 3.8) is 0 Å². The zero-order valence-electron chi connectivity index (χ0n) is 12.4. The van der Waals surface area contributed by atoms with E-state index in [-0.39, 0.29) is 27.3 Å². The SMILES string of the molecule is O=S(=O)(O)c1ccc(OS(=O)(=O)c2ccc(O)cc2)c2ncccc12. The number of phenolic OH excluding ortho intramolecular Hbond substituents is 1. The third-order valence-electron chi connectivity index (χ3n) is 3.30. The van der Waals surface area contributed by atoms with E-state index >= 15 is 0 Å². The molecule has 25 heavy (non-hydrogen) atoms. The number of phenols is 1. The monoisotopic (exact) mass is 381 g/mol. The van der Waals surface area contributed by atoms with E-state index in [1.54, 1.807) is 0 Å². The van der Waals surface area contributed by atoms with Crippen molar-refractivity contribution in [2.75, 3.05) is 0 Å². The van der Waals surface area contributed by atoms with Crippen molar-refractivity contribution in [1.82, 2.24) is 4.98 Å². The van der Waals surface area contributed by atoms with Crippen molar-refractivity contribution in [2.24, 2.45) is 0 Å². The fourth-order valence-corrected chi connectivity index (χ4v) is 3.81. The van der Waals surface area contributed by atoms with Crippen molar-refractivity contribution in [1.29, 1.82) is 0 Å². The van der Waals surface area contributed by atoms with Crippen LogP contribution in [0.2, 0.25) is 0 Å². The lowest BCUT2D eigenvalue weighted by atomic mass is 10.2. The number of hydrogen-bond acceptors (Lipinski definition) is 7. The number of rotatable bonds is 4. The van der Waals surface area contributed by atoms with Crippen molar-refractivity contribution in [2.45, 2.75) is 9.79 Å². The molecule has 130 valence electrons. The highest BCUT2D eigenvalue weighted by atomic mass is 32.2. The van der Waals surface area contributed by atoms with Gasteiger partial charge in [0.2, 0.25) is 0 Å². The van der Waals surface area contributed by atoms with Crippen LogP contribution in [0.5, 0.6) is 11.5 Å². The van der Waals surface area contributed by atoms with Crippen LogP contribution in [0.25, 0.3) is 10.9 Å². The predicted octanol–water partition coefficient (Wildman–Crippen LogP) is 1.95. The molecule has 0 aliphatic carbocycles. The zero-order valence-corrected chi connectivity index (χ0v) is 14.0. The average Bonchev–Trinajstić information content (AvgIpc) is 2.54. The molecule has 0 aliphatic heterocycles. The summed E-state index contributed by atoms with van der Waals surface area (Å²) < 4.78 is 61.9. The summed E-state index contributed by atoms with van der Waals surface area (Å²) in [6, 6.07) is 9.62. The molecule has 2 N–H and O–H groups in total. The van der Waals surface area contributed by atoms with Crippen LogP contribution < -0.4 is 4.18 Å². The van der Waals surface area contributed by atoms with Crippen LogP contribution in [0, 0.1) is 0 Å². The molecule has 0 spiro atoms. The molecule has 1 heterocycles. The molecule has 0 aliphatic rings. The standard InChI is InChI=1S/C15H11NO7S2/c17-10-3-5-11(6-4-10)25(21,22)23-13-7-8-14(24(18,19)20)12-2-1-9-16-15(12)13/h1-9,17H,(H,18,19,20). The quantitative estimate of drug-likeness (QED) is 0.518. The number of benzene rings is 2. The number of nitrogens with zero attached hydrogens (tertiary/aromatic N) is 1. The summed E-state index contributed by atoms with van der Waals surface area (Å²) in [4.78, 5) is 3.33. The topological polar surface area (TPSA) is 131 Å². The Bertz CT molecular complexity index is 1150. The van der Waals surface area contributed by atoms with Gasteiger partial charge in [-0.05, 0) is 48.5 Å². The highest BCUT2D eigenvalue weighted by molar-refractivity contribution is 7.87. The molecular weight excluding hydrogens is 370 g/mol. The normalized spacial score (nSPS) is 12.2. The van der Waals surface area contributed by atoms with Crippen LogP contribution in [0.15, 0.2) is 64.5 Å². The Morgan fingerprint density at radius 3 is 2.24 bits per heavy atom. The molecule has 0 bridgehead atoms. The summed E-state index contributed by atoms with van der Waals surface area (Å²) in [7, 11) is -8.75. The van der Waals surface area contributed by atoms with Crippen LogP contribution in [0.3, 0.4) is 0 Å². The van der Waals surface area contributed by atoms with Gasteiger partial charge in [-0.15, -0.1) is 0 Å². The van der Waals surface area contributed by atoms with Crippen LogP contribution in [0.1, 0.15) is 0 Å². The largest absolute Gasteiger partial charge is 0.508 e. The van der Waals surface area contributed by atoms with Crippen LogP contribution in [0.4, 0.5) is 0 Å². The lowest BCUT2D eigenvalue weighted by molar-refractivity contribution is 0.473. The number of pyridine rings is 1. The van der Waals surface area contributed by atoms with Gasteiger partial charge in [0.25, 0.3) is 10.1 Å². The van der Waals surface area contributed by atoms with Gasteiger partial charge in [0.1, 0.15) is 21.1 Å². The van der Waals surface area contributed by atoms with E-state index in [1.165, 1.54) is 30.5 Å². The van der Waals surface area contributed by atoms with E-state index in [0.717, 1.165) is 24.3 Å². The minimum Gasteiger partial charge on any atom is -0.508 e. The molecule has 0 radical (unpaired) electrons. The van der Waals surface area contributed by atoms with E-state index in [2.05, 4.69) is 4.98 Å². The van der Waals surface area contributed by atoms with E-state index in [9.17, 15) is 26.5 Å². The highest BCUT2D eigenvalue weighted by Gasteiger charge is 2.22. The maximum absolute atomic E-state index is 12.3. The van der Waals surface area contributed by atoms with E-state index in [1.807, 2.05) is 0 Å². The lowest BCUT2D eigenvalue weighted by Gasteiger charge is -2.10. The van der Waals surface area contributed by atoms with Gasteiger partial charge in [0, 0.05) is 11.6 Å². The van der Waals surface area contributed by atoms with Crippen LogP contribution in [-0.2, 0) is 20.2 Å². The summed E-state index contributed by atoms with van der Waals surface area (Å²) in [6.07, 6.45) is 1.33. The van der Waals surface area contributed by atoms with Crippen LogP contribution in [-0.4, -0.2) is 31.5 Å². The molecule has 1 aromatic heterocycles. The third-order valence-corrected chi connectivity index (χ3v) is 5.46. The molecule has 10 heteroatoms. The molecule has 0 atom stereocenters. The molecular formula is C15H11NO7S2. The first kappa shape index (κ1) is 17.1. The molecule has 0 amide bonds. The van der Waals surface area contributed by atoms with Gasteiger partial charge in [-0.25, -0.2) is 0 Å². The summed E-state index contributed by atoms with van der Waals surface area (Å²) >= 11 is 0. The Balaban J connectivity index is 2.13. The Labute approximate surface area is 143 Å². The summed E-state index contributed by atoms with van der Waals surface area (Å²) in [5, 5.41) is 9.25. The fourth-order valence-electron chi connectivity index (χ4n) is 2.19. The number of aromatic hydroxyl groups is 1. The molecule has 3 rings (SSSR count). The average molecular weight is 381 g/mol. The zero-order chi connectivity index (χ0) is 18.2. The first-order chi connectivity index (χ1) is 11.7. The van der Waals surface area contributed by atoms with E-state index < -0.39 is 25.1 Å². The molecule has 3 aromatic rings. The number of aromatic nitrogens is 1. The Kier molecular flexibility index (Phi) is 4.11. The first-order valence-electron chi connectivity index (χ1n) is 6.77. The number of hydrogen-bond donors (Lipinski definition) is 2. The third kappa shape index (κ3) is 3.40. The first-order valence-corrected chi connectivity index (χ1v) is 9.62. The molecule has 8 nitrogen and oxygen atoms in total. The van der Waals surface area contributed by atoms with Gasteiger partial charge in [-0.2, -0.15) is 16.8 Å². The van der Waals surface area contributed by atoms with Crippen molar-refractivity contribution < 1.29 is 30.7 Å². The molecule has 2 aromatic carbocycles. The Morgan fingerprint density at radius 2 is 1.60 bits per heavy atom. The van der Waals surface area contributed by atoms with Gasteiger partial charge in [0.15, 0.2) is 5.75 Å². The van der Waals surface area contributed by atoms with E-state index in [0.29, 0.717) is 0 Å². The van der Waals surface area contributed by atoms with Gasteiger partial charge >= 0.3 is 10.1 Å². The molecule has 0 fully saturated rings. The molecule has 0 saturated carbocycles. The summed E-state index contributed by atoms with van der Waals surface area (Å²) in [5.74, 6) is -0.306. The predicted molar refractivity (Wildman–Crippen MR) is 87.5 cm³/mol. The minimum absolute atomic E-state index is 0.0170. The highest BCUT2D eigenvalue weighted by Crippen LogP contribution is 2.31. The van der Waals surface area contributed by atoms with Gasteiger partial charge in [-0.3, -0.25) is 9.54 Å². The van der Waals surface area contributed by atoms with Crippen molar-refractivity contribution >= 4 is 31.1 Å². The maximum Gasteiger partial charge on any atom is 0.339 e. The number of fused-ring (bicyclic) bond motifs is 1. The van der Waals surface area contributed by atoms with E-state index in [4.69, 9.17) is 4.18 Å². The molecule has 0 unspecified atom stereocenters. The second-order valence-corrected chi connectivity index (χ2v) is 7.90. The van der Waals surface area contributed by atoms with Gasteiger partial charge in [-0.1, -0.05) is 0 Å². The lowest BCUT2D eigenvalue weighted by Crippen LogP contribution is -2.10. The molecule has 0 saturated heterocycles. The minimum atomic E-state index is -4.52. The van der Waals surface area contributed by atoms with Crippen LogP contribution >= 0.6 is 0 Å². The summed E-state index contributed by atoms with van der Waals surface area (Å²) in [6.45, 7) is 0. The second-order valence-electron chi connectivity index (χ2n) is 4.97. The maximum atomic E-state index is 12.3. The van der Waals surface area contributed by atoms with Crippen molar-refractivity contribution in [3.8, 4) is 11.5 Å². The second kappa shape index (κ2) is 5.99. The van der Waals surface area contributed by atoms with Crippen molar-refractivity contribution in [3.05, 3.63) is 54.7 Å². The summed E-state index contributed by atoms with van der Waals surface area (Å²) in [5.41, 5.74) is -0.0417. The van der Waals surface area contributed by atoms with Gasteiger partial charge < -0.3 is 9.29 Å². The smallest absolute Gasteiger partial charge is 0.339 e.